The lowest BCUT2D eigenvalue weighted by molar-refractivity contribution is -0.113. The quantitative estimate of drug-likeness (QED) is 0.196. The van der Waals surface area contributed by atoms with E-state index in [1.54, 1.807) is 4.57 Å². The van der Waals surface area contributed by atoms with E-state index in [9.17, 15) is 9.59 Å². The molecule has 1 atom stereocenters. The third-order valence-electron chi connectivity index (χ3n) is 7.75. The Bertz CT molecular complexity index is 2060. The molecule has 0 spiro atoms. The fraction of sp³-hybridized carbons (Fsp3) is 0.162. The molecule has 0 fully saturated rings. The van der Waals surface area contributed by atoms with Crippen LogP contribution in [0, 0.1) is 0 Å². The molecule has 226 valence electrons. The number of amides is 1. The van der Waals surface area contributed by atoms with Crippen LogP contribution in [0.1, 0.15) is 55.0 Å². The number of thiazole rings is 1. The Morgan fingerprint density at radius 1 is 0.978 bits per heavy atom. The average molecular weight is 634 g/mol. The van der Waals surface area contributed by atoms with Crippen molar-refractivity contribution in [2.75, 3.05) is 5.32 Å². The van der Waals surface area contributed by atoms with Gasteiger partial charge in [-0.25, -0.2) is 4.99 Å². The lowest BCUT2D eigenvalue weighted by Crippen LogP contribution is -2.40. The van der Waals surface area contributed by atoms with Crippen molar-refractivity contribution in [3.8, 4) is 5.75 Å². The molecule has 1 N–H and O–H groups in total. The molecule has 0 saturated carbocycles. The minimum absolute atomic E-state index is 0.201. The molecular formula is C37H32ClN3O3S. The molecule has 1 aromatic heterocycles. The summed E-state index contributed by atoms with van der Waals surface area (Å²) in [5.41, 5.74) is 5.28. The number of fused-ring (bicyclic) bond motifs is 1. The van der Waals surface area contributed by atoms with E-state index in [0.29, 0.717) is 49.6 Å². The summed E-state index contributed by atoms with van der Waals surface area (Å²) in [7, 11) is 0. The monoisotopic (exact) mass is 633 g/mol. The van der Waals surface area contributed by atoms with Gasteiger partial charge < -0.3 is 10.1 Å². The van der Waals surface area contributed by atoms with Crippen LogP contribution < -0.4 is 24.9 Å². The predicted molar refractivity (Wildman–Crippen MR) is 182 cm³/mol. The molecule has 45 heavy (non-hydrogen) atoms. The number of hydrogen-bond acceptors (Lipinski definition) is 5. The molecule has 8 heteroatoms. The number of aromatic nitrogens is 1. The lowest BCUT2D eigenvalue weighted by Gasteiger charge is -2.25. The van der Waals surface area contributed by atoms with Gasteiger partial charge in [0.05, 0.1) is 21.8 Å². The third kappa shape index (κ3) is 6.55. The number of carbonyl (C=O) groups excluding carboxylic acids is 1. The summed E-state index contributed by atoms with van der Waals surface area (Å²) in [4.78, 5) is 33.2. The van der Waals surface area contributed by atoms with Crippen molar-refractivity contribution in [2.45, 2.75) is 39.3 Å². The molecule has 0 saturated heterocycles. The van der Waals surface area contributed by atoms with E-state index >= 15 is 0 Å². The molecule has 1 unspecified atom stereocenters. The van der Waals surface area contributed by atoms with E-state index in [1.807, 2.05) is 104 Å². The summed E-state index contributed by atoms with van der Waals surface area (Å²) < 4.78 is 8.10. The summed E-state index contributed by atoms with van der Waals surface area (Å²) in [5, 5.41) is 3.66. The standard InChI is InChI=1S/C37H32ClN3O3S/c1-23(2)26-15-17-27(18-16-26)34-33(35(42)40-29-10-5-4-6-11-29)24(3)39-37-41(34)36(43)32(45-37)21-25-13-19-30(20-14-25)44-22-28-9-7-8-12-31(28)38/h4-21,23,34H,22H2,1-3H3,(H,40,42)/b32-21-. The number of ether oxygens (including phenoxy) is 1. The van der Waals surface area contributed by atoms with E-state index in [-0.39, 0.29) is 11.5 Å². The fourth-order valence-corrected chi connectivity index (χ4v) is 6.54. The number of para-hydroxylation sites is 1. The minimum atomic E-state index is -0.631. The molecule has 0 bridgehead atoms. The SMILES string of the molecule is CC1=C(C(=O)Nc2ccccc2)C(c2ccc(C(C)C)cc2)n2c(s/c(=C\c3ccc(OCc4ccccc4Cl)cc3)c2=O)=N1. The van der Waals surface area contributed by atoms with Crippen molar-refractivity contribution in [1.29, 1.82) is 0 Å². The summed E-state index contributed by atoms with van der Waals surface area (Å²) >= 11 is 7.57. The Hall–Kier alpha value is -4.72. The van der Waals surface area contributed by atoms with E-state index in [4.69, 9.17) is 21.3 Å². The molecule has 4 aromatic carbocycles. The highest BCUT2D eigenvalue weighted by molar-refractivity contribution is 7.07. The van der Waals surface area contributed by atoms with Crippen molar-refractivity contribution < 1.29 is 9.53 Å². The van der Waals surface area contributed by atoms with E-state index in [1.165, 1.54) is 16.9 Å². The fourth-order valence-electron chi connectivity index (χ4n) is 5.30. The minimum Gasteiger partial charge on any atom is -0.489 e. The van der Waals surface area contributed by atoms with Crippen molar-refractivity contribution >= 4 is 40.6 Å². The Morgan fingerprint density at radius 3 is 2.36 bits per heavy atom. The van der Waals surface area contributed by atoms with Crippen LogP contribution in [-0.4, -0.2) is 10.5 Å². The highest BCUT2D eigenvalue weighted by Crippen LogP contribution is 2.31. The van der Waals surface area contributed by atoms with E-state index < -0.39 is 6.04 Å². The molecule has 0 aliphatic carbocycles. The number of nitrogens with zero attached hydrogens (tertiary/aromatic N) is 2. The van der Waals surface area contributed by atoms with Gasteiger partial charge in [-0.05, 0) is 65.9 Å². The Morgan fingerprint density at radius 2 is 1.67 bits per heavy atom. The van der Waals surface area contributed by atoms with Crippen molar-refractivity contribution in [2.24, 2.45) is 4.99 Å². The van der Waals surface area contributed by atoms with Gasteiger partial charge in [-0.1, -0.05) is 110 Å². The highest BCUT2D eigenvalue weighted by atomic mass is 35.5. The Kier molecular flexibility index (Phi) is 8.83. The van der Waals surface area contributed by atoms with Crippen molar-refractivity contribution in [1.82, 2.24) is 4.57 Å². The lowest BCUT2D eigenvalue weighted by atomic mass is 9.93. The molecule has 0 radical (unpaired) electrons. The number of rotatable bonds is 8. The molecule has 1 aliphatic rings. The van der Waals surface area contributed by atoms with Crippen LogP contribution in [0.25, 0.3) is 6.08 Å². The van der Waals surface area contributed by atoms with Crippen LogP contribution in [0.5, 0.6) is 5.75 Å². The average Bonchev–Trinajstić information content (AvgIpc) is 3.34. The van der Waals surface area contributed by atoms with Crippen LogP contribution in [0.3, 0.4) is 0 Å². The number of carbonyl (C=O) groups is 1. The molecule has 6 rings (SSSR count). The largest absolute Gasteiger partial charge is 0.489 e. The van der Waals surface area contributed by atoms with Gasteiger partial charge in [0, 0.05) is 16.3 Å². The van der Waals surface area contributed by atoms with Gasteiger partial charge in [-0.2, -0.15) is 0 Å². The number of allylic oxidation sites excluding steroid dienone is 1. The normalized spacial score (nSPS) is 14.7. The van der Waals surface area contributed by atoms with Gasteiger partial charge in [-0.15, -0.1) is 0 Å². The maximum Gasteiger partial charge on any atom is 0.271 e. The van der Waals surface area contributed by atoms with Gasteiger partial charge in [0.15, 0.2) is 4.80 Å². The van der Waals surface area contributed by atoms with Crippen LogP contribution >= 0.6 is 22.9 Å². The van der Waals surface area contributed by atoms with Crippen molar-refractivity contribution in [3.63, 3.8) is 0 Å². The Labute approximate surface area is 270 Å². The van der Waals surface area contributed by atoms with Gasteiger partial charge in [0.2, 0.25) is 0 Å². The summed E-state index contributed by atoms with van der Waals surface area (Å²) in [5.74, 6) is 0.761. The maximum absolute atomic E-state index is 14.1. The first-order chi connectivity index (χ1) is 21.8. The Balaban J connectivity index is 1.35. The topological polar surface area (TPSA) is 72.7 Å². The second-order valence-corrected chi connectivity index (χ2v) is 12.6. The number of halogens is 1. The predicted octanol–water partition coefficient (Wildman–Crippen LogP) is 7.23. The molecule has 5 aromatic rings. The molecule has 1 aliphatic heterocycles. The van der Waals surface area contributed by atoms with Crippen LogP contribution in [-0.2, 0) is 11.4 Å². The summed E-state index contributed by atoms with van der Waals surface area (Å²) in [6.45, 7) is 6.46. The van der Waals surface area contributed by atoms with Gasteiger partial charge in [0.1, 0.15) is 12.4 Å². The van der Waals surface area contributed by atoms with Gasteiger partial charge >= 0.3 is 0 Å². The van der Waals surface area contributed by atoms with Crippen LogP contribution in [0.15, 0.2) is 124 Å². The van der Waals surface area contributed by atoms with E-state index in [0.717, 1.165) is 16.7 Å². The number of benzene rings is 4. The molecule has 1 amide bonds. The summed E-state index contributed by atoms with van der Waals surface area (Å²) in [6.07, 6.45) is 1.85. The second-order valence-electron chi connectivity index (χ2n) is 11.2. The first kappa shape index (κ1) is 30.3. The van der Waals surface area contributed by atoms with Crippen LogP contribution in [0.4, 0.5) is 5.69 Å². The zero-order chi connectivity index (χ0) is 31.5. The summed E-state index contributed by atoms with van der Waals surface area (Å²) in [6, 6.07) is 31.9. The first-order valence-electron chi connectivity index (χ1n) is 14.7. The van der Waals surface area contributed by atoms with Gasteiger partial charge in [0.25, 0.3) is 11.5 Å². The van der Waals surface area contributed by atoms with Crippen LogP contribution in [0.2, 0.25) is 5.02 Å². The zero-order valence-corrected chi connectivity index (χ0v) is 26.7. The van der Waals surface area contributed by atoms with Gasteiger partial charge in [-0.3, -0.25) is 14.2 Å². The molecule has 2 heterocycles. The van der Waals surface area contributed by atoms with Crippen molar-refractivity contribution in [3.05, 3.63) is 161 Å². The first-order valence-corrected chi connectivity index (χ1v) is 15.9. The third-order valence-corrected chi connectivity index (χ3v) is 9.10. The zero-order valence-electron chi connectivity index (χ0n) is 25.2. The molecular weight excluding hydrogens is 602 g/mol. The molecule has 6 nitrogen and oxygen atoms in total. The van der Waals surface area contributed by atoms with E-state index in [2.05, 4.69) is 31.3 Å². The smallest absolute Gasteiger partial charge is 0.271 e. The number of nitrogens with one attached hydrogen (secondary N) is 1. The number of hydrogen-bond donors (Lipinski definition) is 1. The number of anilines is 1. The maximum atomic E-state index is 14.1. The second kappa shape index (κ2) is 13.1. The highest BCUT2D eigenvalue weighted by Gasteiger charge is 2.32.